The molecule has 1 aliphatic rings. The van der Waals surface area contributed by atoms with Gasteiger partial charge in [0.05, 0.1) is 0 Å². The van der Waals surface area contributed by atoms with Gasteiger partial charge in [-0.25, -0.2) is 0 Å². The van der Waals surface area contributed by atoms with Gasteiger partial charge in [0.25, 0.3) is 0 Å². The number of amides is 1. The number of piperidine rings is 1. The van der Waals surface area contributed by atoms with E-state index in [4.69, 9.17) is 0 Å². The van der Waals surface area contributed by atoms with Crippen molar-refractivity contribution in [1.29, 1.82) is 0 Å². The van der Waals surface area contributed by atoms with E-state index in [2.05, 4.69) is 13.8 Å². The molecule has 0 N–H and O–H groups in total. The van der Waals surface area contributed by atoms with Crippen LogP contribution in [0.3, 0.4) is 0 Å². The second-order valence-corrected chi connectivity index (χ2v) is 6.47. The Morgan fingerprint density at radius 3 is 2.47 bits per heavy atom. The van der Waals surface area contributed by atoms with Crippen molar-refractivity contribution in [3.8, 4) is 0 Å². The lowest BCUT2D eigenvalue weighted by Crippen LogP contribution is -2.41. The number of carbonyl (C=O) groups is 2. The first kappa shape index (κ1) is 14.4. The third-order valence-corrected chi connectivity index (χ3v) is 4.14. The van der Waals surface area contributed by atoms with Gasteiger partial charge in [-0.05, 0) is 12.3 Å². The van der Waals surface area contributed by atoms with Gasteiger partial charge in [-0.2, -0.15) is 0 Å². The van der Waals surface area contributed by atoms with Gasteiger partial charge in [-0.1, -0.05) is 13.8 Å². The molecule has 1 fully saturated rings. The molecule has 1 rings (SSSR count). The fraction of sp³-hybridized carbons (Fsp3) is 0.833. The molecule has 0 saturated carbocycles. The summed E-state index contributed by atoms with van der Waals surface area (Å²) in [5.41, 5.74) is 0. The van der Waals surface area contributed by atoms with Crippen molar-refractivity contribution >= 4 is 22.5 Å². The molecule has 0 radical (unpaired) electrons. The van der Waals surface area contributed by atoms with Crippen LogP contribution in [0.15, 0.2) is 0 Å². The van der Waals surface area contributed by atoms with Crippen molar-refractivity contribution in [1.82, 2.24) is 4.90 Å². The average Bonchev–Trinajstić information content (AvgIpc) is 2.27. The van der Waals surface area contributed by atoms with Crippen LogP contribution in [0.5, 0.6) is 0 Å². The van der Waals surface area contributed by atoms with Gasteiger partial charge in [-0.15, -0.1) is 0 Å². The van der Waals surface area contributed by atoms with Crippen LogP contribution in [0.1, 0.15) is 33.1 Å². The minimum absolute atomic E-state index is 0.0698. The fourth-order valence-electron chi connectivity index (χ4n) is 1.67. The van der Waals surface area contributed by atoms with E-state index in [1.54, 1.807) is 4.90 Å². The lowest BCUT2D eigenvalue weighted by Gasteiger charge is -2.25. The molecule has 0 aromatic carbocycles. The van der Waals surface area contributed by atoms with E-state index in [0.717, 1.165) is 6.42 Å². The van der Waals surface area contributed by atoms with E-state index in [1.165, 1.54) is 0 Å². The van der Waals surface area contributed by atoms with Crippen molar-refractivity contribution < 1.29 is 13.8 Å². The lowest BCUT2D eigenvalue weighted by molar-refractivity contribution is -0.132. The summed E-state index contributed by atoms with van der Waals surface area (Å²) in [6.45, 7) is 5.16. The topological polar surface area (TPSA) is 54.5 Å². The molecule has 1 aliphatic heterocycles. The van der Waals surface area contributed by atoms with Gasteiger partial charge in [0.2, 0.25) is 5.91 Å². The number of carbonyl (C=O) groups excluding carboxylic acids is 2. The zero-order valence-electron chi connectivity index (χ0n) is 10.6. The highest BCUT2D eigenvalue weighted by Crippen LogP contribution is 2.07. The Labute approximate surface area is 105 Å². The highest BCUT2D eigenvalue weighted by atomic mass is 32.2. The van der Waals surface area contributed by atoms with Gasteiger partial charge in [0, 0.05) is 42.5 Å². The summed E-state index contributed by atoms with van der Waals surface area (Å²) in [6.07, 6.45) is 1.78. The molecule has 1 atom stereocenters. The predicted molar refractivity (Wildman–Crippen MR) is 68.2 cm³/mol. The van der Waals surface area contributed by atoms with Crippen molar-refractivity contribution in [2.45, 2.75) is 33.1 Å². The van der Waals surface area contributed by atoms with Crippen LogP contribution in [-0.2, 0) is 20.4 Å². The molecule has 0 aromatic rings. The summed E-state index contributed by atoms with van der Waals surface area (Å²) in [5.74, 6) is 1.37. The molecular weight excluding hydrogens is 238 g/mol. The van der Waals surface area contributed by atoms with E-state index >= 15 is 0 Å². The molecule has 1 amide bonds. The van der Waals surface area contributed by atoms with E-state index in [0.29, 0.717) is 37.6 Å². The second-order valence-electron chi connectivity index (χ2n) is 4.89. The number of likely N-dealkylation sites (tertiary alicyclic amines) is 1. The normalized spacial score (nSPS) is 18.5. The summed E-state index contributed by atoms with van der Waals surface area (Å²) in [7, 11) is -1.06. The zero-order valence-corrected chi connectivity index (χ0v) is 11.4. The molecule has 0 spiro atoms. The van der Waals surface area contributed by atoms with Crippen LogP contribution >= 0.6 is 0 Å². The highest BCUT2D eigenvalue weighted by Gasteiger charge is 2.21. The van der Waals surface area contributed by atoms with Gasteiger partial charge >= 0.3 is 0 Å². The molecule has 1 heterocycles. The number of ketones is 1. The number of hydrogen-bond donors (Lipinski definition) is 0. The maximum atomic E-state index is 11.8. The SMILES string of the molecule is CC(C)CCS(=O)CC(=O)N1CCC(=O)CC1. The molecular formula is C12H21NO3S. The number of nitrogens with zero attached hydrogens (tertiary/aromatic N) is 1. The second kappa shape index (κ2) is 6.89. The smallest absolute Gasteiger partial charge is 0.235 e. The van der Waals surface area contributed by atoms with Gasteiger partial charge in [0.15, 0.2) is 0 Å². The maximum absolute atomic E-state index is 11.8. The molecule has 0 aliphatic carbocycles. The Kier molecular flexibility index (Phi) is 5.82. The van der Waals surface area contributed by atoms with E-state index < -0.39 is 10.8 Å². The summed E-state index contributed by atoms with van der Waals surface area (Å²) >= 11 is 0. The number of Topliss-reactive ketones (excluding diaryl/α,β-unsaturated/α-hetero) is 1. The molecule has 17 heavy (non-hydrogen) atoms. The Morgan fingerprint density at radius 2 is 1.94 bits per heavy atom. The third kappa shape index (κ3) is 5.44. The van der Waals surface area contributed by atoms with Crippen LogP contribution in [0.4, 0.5) is 0 Å². The van der Waals surface area contributed by atoms with Crippen LogP contribution in [-0.4, -0.2) is 45.4 Å². The number of rotatable bonds is 5. The Bertz CT molecular complexity index is 305. The lowest BCUT2D eigenvalue weighted by atomic mass is 10.1. The van der Waals surface area contributed by atoms with Crippen molar-refractivity contribution in [3.05, 3.63) is 0 Å². The third-order valence-electron chi connectivity index (χ3n) is 2.88. The molecule has 4 nitrogen and oxygen atoms in total. The van der Waals surface area contributed by atoms with Crippen molar-refractivity contribution in [2.24, 2.45) is 5.92 Å². The average molecular weight is 259 g/mol. The van der Waals surface area contributed by atoms with Crippen molar-refractivity contribution in [3.63, 3.8) is 0 Å². The maximum Gasteiger partial charge on any atom is 0.235 e. The van der Waals surface area contributed by atoms with E-state index in [9.17, 15) is 13.8 Å². The fourth-order valence-corrected chi connectivity index (χ4v) is 3.01. The Balaban J connectivity index is 2.28. The minimum Gasteiger partial charge on any atom is -0.341 e. The summed E-state index contributed by atoms with van der Waals surface area (Å²) in [5, 5.41) is 0. The zero-order chi connectivity index (χ0) is 12.8. The Morgan fingerprint density at radius 1 is 1.35 bits per heavy atom. The molecule has 5 heteroatoms. The first-order chi connectivity index (χ1) is 7.99. The predicted octanol–water partition coefficient (Wildman–Crippen LogP) is 0.973. The molecule has 0 aromatic heterocycles. The first-order valence-corrected chi connectivity index (χ1v) is 7.62. The van der Waals surface area contributed by atoms with Crippen LogP contribution < -0.4 is 0 Å². The summed E-state index contributed by atoms with van der Waals surface area (Å²) in [6, 6.07) is 0. The minimum atomic E-state index is -1.06. The van der Waals surface area contributed by atoms with Crippen molar-refractivity contribution in [2.75, 3.05) is 24.6 Å². The van der Waals surface area contributed by atoms with E-state index in [-0.39, 0.29) is 17.4 Å². The van der Waals surface area contributed by atoms with E-state index in [1.807, 2.05) is 0 Å². The Hall–Kier alpha value is -0.710. The largest absolute Gasteiger partial charge is 0.341 e. The monoisotopic (exact) mass is 259 g/mol. The summed E-state index contributed by atoms with van der Waals surface area (Å²) < 4.78 is 11.7. The summed E-state index contributed by atoms with van der Waals surface area (Å²) in [4.78, 5) is 24.5. The van der Waals surface area contributed by atoms with Crippen LogP contribution in [0, 0.1) is 5.92 Å². The molecule has 1 saturated heterocycles. The van der Waals surface area contributed by atoms with Crippen LogP contribution in [0.25, 0.3) is 0 Å². The van der Waals surface area contributed by atoms with Crippen LogP contribution in [0.2, 0.25) is 0 Å². The highest BCUT2D eigenvalue weighted by molar-refractivity contribution is 7.85. The van der Waals surface area contributed by atoms with Gasteiger partial charge < -0.3 is 4.90 Å². The number of hydrogen-bond acceptors (Lipinski definition) is 3. The quantitative estimate of drug-likeness (QED) is 0.739. The van der Waals surface area contributed by atoms with Gasteiger partial charge in [0.1, 0.15) is 11.5 Å². The standard InChI is InChI=1S/C12H21NO3S/c1-10(2)5-8-17(16)9-12(15)13-6-3-11(14)4-7-13/h10H,3-9H2,1-2H3. The molecule has 98 valence electrons. The van der Waals surface area contributed by atoms with Gasteiger partial charge in [-0.3, -0.25) is 13.8 Å². The molecule has 0 bridgehead atoms. The first-order valence-electron chi connectivity index (χ1n) is 6.13. The molecule has 1 unspecified atom stereocenters.